The van der Waals surface area contributed by atoms with Gasteiger partial charge in [-0.2, -0.15) is 0 Å². The number of ether oxygens (including phenoxy) is 2. The van der Waals surface area contributed by atoms with Gasteiger partial charge in [0, 0.05) is 35.6 Å². The molecular weight excluding hydrogens is 504 g/mol. The van der Waals surface area contributed by atoms with Crippen molar-refractivity contribution in [3.63, 3.8) is 0 Å². The van der Waals surface area contributed by atoms with Gasteiger partial charge in [-0.15, -0.1) is 13.2 Å². The van der Waals surface area contributed by atoms with E-state index < -0.39 is 0 Å². The Morgan fingerprint density at radius 3 is 1.32 bits per heavy atom. The van der Waals surface area contributed by atoms with E-state index in [1.807, 2.05) is 36.4 Å². The zero-order chi connectivity index (χ0) is 28.9. The third kappa shape index (κ3) is 8.28. The van der Waals surface area contributed by atoms with Gasteiger partial charge in [0.1, 0.15) is 11.5 Å². The minimum atomic E-state index is 0.586. The third-order valence-corrected chi connectivity index (χ3v) is 7.01. The summed E-state index contributed by atoms with van der Waals surface area (Å²) in [7, 11) is 0. The molecule has 0 fully saturated rings. The summed E-state index contributed by atoms with van der Waals surface area (Å²) in [5, 5.41) is 0. The summed E-state index contributed by atoms with van der Waals surface area (Å²) in [4.78, 5) is 4.53. The molecule has 0 saturated carbocycles. The Kier molecular flexibility index (Phi) is 11.1. The number of anilines is 2. The van der Waals surface area contributed by atoms with E-state index in [9.17, 15) is 0 Å². The van der Waals surface area contributed by atoms with Crippen LogP contribution in [0.25, 0.3) is 0 Å². The van der Waals surface area contributed by atoms with Crippen molar-refractivity contribution in [2.45, 2.75) is 46.2 Å². The fourth-order valence-electron chi connectivity index (χ4n) is 4.56. The topological polar surface area (TPSA) is 24.9 Å². The molecule has 4 aromatic carbocycles. The number of fused-ring (bicyclic) bond motifs is 2. The summed E-state index contributed by atoms with van der Waals surface area (Å²) < 4.78 is 11.8. The van der Waals surface area contributed by atoms with E-state index in [0.717, 1.165) is 43.9 Å². The Labute approximate surface area is 246 Å². The number of nitrogens with zero attached hydrogens (tertiary/aromatic N) is 2. The van der Waals surface area contributed by atoms with Gasteiger partial charge in [0.25, 0.3) is 0 Å². The lowest BCUT2D eigenvalue weighted by Crippen LogP contribution is -2.31. The second-order valence-electron chi connectivity index (χ2n) is 10.1. The fourth-order valence-corrected chi connectivity index (χ4v) is 4.56. The van der Waals surface area contributed by atoms with E-state index in [2.05, 4.69) is 110 Å². The molecule has 2 aliphatic heterocycles. The fraction of sp³-hybridized carbons (Fsp3) is 0.243. The van der Waals surface area contributed by atoms with Crippen LogP contribution < -0.4 is 19.3 Å². The summed E-state index contributed by atoms with van der Waals surface area (Å²) in [6.07, 6.45) is 6.83. The molecule has 0 atom stereocenters. The minimum absolute atomic E-state index is 0.586. The van der Waals surface area contributed by atoms with Crippen molar-refractivity contribution in [3.8, 4) is 11.5 Å². The lowest BCUT2D eigenvalue weighted by atomic mass is 10.0. The van der Waals surface area contributed by atoms with Crippen molar-refractivity contribution >= 4 is 11.4 Å². The Balaban J connectivity index is 0.000000432. The van der Waals surface area contributed by atoms with Crippen molar-refractivity contribution < 1.29 is 9.47 Å². The van der Waals surface area contributed by atoms with Gasteiger partial charge in [0.15, 0.2) is 13.5 Å². The van der Waals surface area contributed by atoms with E-state index >= 15 is 0 Å². The summed E-state index contributed by atoms with van der Waals surface area (Å²) in [6, 6.07) is 34.2. The molecule has 6 rings (SSSR count). The highest BCUT2D eigenvalue weighted by molar-refractivity contribution is 5.53. The molecular formula is C37H42N2O2. The van der Waals surface area contributed by atoms with Crippen LogP contribution in [0.5, 0.6) is 11.5 Å². The van der Waals surface area contributed by atoms with Crippen molar-refractivity contribution in [1.29, 1.82) is 0 Å². The quantitative estimate of drug-likeness (QED) is 0.225. The molecule has 212 valence electrons. The molecule has 0 aliphatic carbocycles. The van der Waals surface area contributed by atoms with Crippen LogP contribution in [0.2, 0.25) is 0 Å². The monoisotopic (exact) mass is 546 g/mol. The molecule has 0 saturated heterocycles. The summed E-state index contributed by atoms with van der Waals surface area (Å²) >= 11 is 0. The maximum Gasteiger partial charge on any atom is 0.161 e. The minimum Gasteiger partial charge on any atom is -0.473 e. The van der Waals surface area contributed by atoms with Crippen LogP contribution in [-0.4, -0.2) is 13.5 Å². The number of hydrogen-bond acceptors (Lipinski definition) is 4. The summed E-state index contributed by atoms with van der Waals surface area (Å²) in [5.41, 5.74) is 7.45. The standard InChI is InChI=1S/C29H26N2O2.2C4H8/c1-3-7-28-24(5-1)18-30(20-32-28)26-13-9-22(10-14-26)17-23-11-15-27(16-12-23)31-19-25-6-2-4-8-29(25)33-21-31;2*1-3-4-2/h1-16H,17-21H2;2*3H,1,4H2,2H3. The van der Waals surface area contributed by atoms with Gasteiger partial charge < -0.3 is 19.3 Å². The van der Waals surface area contributed by atoms with Gasteiger partial charge in [0.05, 0.1) is 0 Å². The van der Waals surface area contributed by atoms with Crippen LogP contribution in [-0.2, 0) is 19.5 Å². The van der Waals surface area contributed by atoms with Gasteiger partial charge in [0.2, 0.25) is 0 Å². The lowest BCUT2D eigenvalue weighted by Gasteiger charge is -2.31. The van der Waals surface area contributed by atoms with Crippen molar-refractivity contribution in [3.05, 3.63) is 145 Å². The summed E-state index contributed by atoms with van der Waals surface area (Å²) in [5.74, 6) is 1.99. The molecule has 0 spiro atoms. The molecule has 41 heavy (non-hydrogen) atoms. The van der Waals surface area contributed by atoms with Crippen molar-refractivity contribution in [2.24, 2.45) is 0 Å². The molecule has 0 unspecified atom stereocenters. The molecule has 0 N–H and O–H groups in total. The van der Waals surface area contributed by atoms with Gasteiger partial charge in [-0.1, -0.05) is 86.7 Å². The van der Waals surface area contributed by atoms with Crippen LogP contribution in [0.3, 0.4) is 0 Å². The maximum atomic E-state index is 5.91. The van der Waals surface area contributed by atoms with E-state index in [4.69, 9.17) is 9.47 Å². The molecule has 0 amide bonds. The lowest BCUT2D eigenvalue weighted by molar-refractivity contribution is 0.289. The van der Waals surface area contributed by atoms with E-state index in [1.165, 1.54) is 33.6 Å². The predicted octanol–water partition coefficient (Wildman–Crippen LogP) is 9.16. The van der Waals surface area contributed by atoms with Crippen molar-refractivity contribution in [1.82, 2.24) is 0 Å². The SMILES string of the molecule is C=CCC.C=CCC.c1ccc2c(c1)CN(c1ccc(Cc3ccc(N4COc5ccccc5C4)cc3)cc1)CO2. The van der Waals surface area contributed by atoms with Gasteiger partial charge in [-0.25, -0.2) is 0 Å². The predicted molar refractivity (Wildman–Crippen MR) is 173 cm³/mol. The smallest absolute Gasteiger partial charge is 0.161 e. The zero-order valence-electron chi connectivity index (χ0n) is 24.5. The van der Waals surface area contributed by atoms with Gasteiger partial charge in [-0.05, 0) is 66.8 Å². The first-order valence-electron chi connectivity index (χ1n) is 14.5. The Morgan fingerprint density at radius 1 is 0.585 bits per heavy atom. The van der Waals surface area contributed by atoms with Crippen molar-refractivity contribution in [2.75, 3.05) is 23.3 Å². The molecule has 2 aliphatic rings. The average Bonchev–Trinajstić information content (AvgIpc) is 3.05. The molecule has 0 bridgehead atoms. The molecule has 4 nitrogen and oxygen atoms in total. The highest BCUT2D eigenvalue weighted by atomic mass is 16.5. The maximum absolute atomic E-state index is 5.91. The van der Waals surface area contributed by atoms with Crippen LogP contribution in [0, 0.1) is 0 Å². The molecule has 0 radical (unpaired) electrons. The Bertz CT molecular complexity index is 1270. The Hall–Kier alpha value is -4.44. The molecule has 0 aromatic heterocycles. The van der Waals surface area contributed by atoms with E-state index in [0.29, 0.717) is 13.5 Å². The first-order chi connectivity index (χ1) is 20.1. The second-order valence-corrected chi connectivity index (χ2v) is 10.1. The first-order valence-corrected chi connectivity index (χ1v) is 14.5. The van der Waals surface area contributed by atoms with Crippen LogP contribution in [0.1, 0.15) is 48.9 Å². The normalized spacial score (nSPS) is 13.0. The van der Waals surface area contributed by atoms with E-state index in [-0.39, 0.29) is 0 Å². The van der Waals surface area contributed by atoms with Gasteiger partial charge >= 0.3 is 0 Å². The highest BCUT2D eigenvalue weighted by Gasteiger charge is 2.18. The molecule has 4 aromatic rings. The number of benzene rings is 4. The number of rotatable bonds is 6. The molecule has 2 heterocycles. The van der Waals surface area contributed by atoms with Crippen LogP contribution in [0.15, 0.2) is 122 Å². The number of allylic oxidation sites excluding steroid dienone is 2. The van der Waals surface area contributed by atoms with Gasteiger partial charge in [-0.3, -0.25) is 0 Å². The third-order valence-electron chi connectivity index (χ3n) is 7.01. The Morgan fingerprint density at radius 2 is 0.951 bits per heavy atom. The largest absolute Gasteiger partial charge is 0.473 e. The first kappa shape index (κ1) is 29.5. The number of hydrogen-bond donors (Lipinski definition) is 0. The highest BCUT2D eigenvalue weighted by Crippen LogP contribution is 2.30. The number of para-hydroxylation sites is 2. The van der Waals surface area contributed by atoms with E-state index in [1.54, 1.807) is 0 Å². The second kappa shape index (κ2) is 15.4. The summed E-state index contributed by atoms with van der Waals surface area (Å²) in [6.45, 7) is 14.0. The van der Waals surface area contributed by atoms with Crippen LogP contribution in [0.4, 0.5) is 11.4 Å². The zero-order valence-corrected chi connectivity index (χ0v) is 24.5. The van der Waals surface area contributed by atoms with Crippen LogP contribution >= 0.6 is 0 Å². The molecule has 4 heteroatoms. The average molecular weight is 547 g/mol.